The Bertz CT molecular complexity index is 309. The minimum Gasteiger partial charge on any atom is -0.478 e. The van der Waals surface area contributed by atoms with Crippen molar-refractivity contribution in [2.75, 3.05) is 13.2 Å². The Balaban J connectivity index is -0.000000234. The predicted molar refractivity (Wildman–Crippen MR) is 78.6 cm³/mol. The average Bonchev–Trinajstić information content (AvgIpc) is 2.38. The number of rotatable bonds is 3. The van der Waals surface area contributed by atoms with Gasteiger partial charge in [-0.1, -0.05) is 20.4 Å². The van der Waals surface area contributed by atoms with E-state index in [-0.39, 0.29) is 24.2 Å². The number of aliphatic hydroxyl groups excluding tert-OH is 2. The van der Waals surface area contributed by atoms with Gasteiger partial charge in [-0.15, -0.1) is 0 Å². The van der Waals surface area contributed by atoms with Crippen molar-refractivity contribution in [1.29, 1.82) is 0 Å². The molecule has 7 nitrogen and oxygen atoms in total. The minimum atomic E-state index is -0.935. The molecule has 0 aromatic heterocycles. The van der Waals surface area contributed by atoms with E-state index in [1.807, 2.05) is 0 Å². The highest BCUT2D eigenvalue weighted by Crippen LogP contribution is 2.13. The van der Waals surface area contributed by atoms with Crippen molar-refractivity contribution in [2.24, 2.45) is 10.8 Å². The molecule has 0 spiro atoms. The summed E-state index contributed by atoms with van der Waals surface area (Å²) >= 11 is 0. The highest BCUT2D eigenvalue weighted by molar-refractivity contribution is 5.84. The van der Waals surface area contributed by atoms with E-state index >= 15 is 0 Å². The van der Waals surface area contributed by atoms with Gasteiger partial charge in [-0.25, -0.2) is 9.59 Å². The van der Waals surface area contributed by atoms with Gasteiger partial charge in [0.1, 0.15) is 0 Å². The van der Waals surface area contributed by atoms with E-state index in [4.69, 9.17) is 20.6 Å². The minimum absolute atomic E-state index is 0.0451. The van der Waals surface area contributed by atoms with Gasteiger partial charge in [-0.05, 0) is 27.7 Å². The van der Waals surface area contributed by atoms with Crippen LogP contribution in [0.1, 0.15) is 41.5 Å². The van der Waals surface area contributed by atoms with Crippen molar-refractivity contribution in [3.63, 3.8) is 0 Å². The number of aliphatic hydroxyl groups is 2. The van der Waals surface area contributed by atoms with E-state index < -0.39 is 17.4 Å². The van der Waals surface area contributed by atoms with Gasteiger partial charge in [0.05, 0.1) is 18.6 Å². The molecule has 4 N–H and O–H groups in total. The molecule has 0 atom stereocenters. The molecule has 0 fully saturated rings. The molecule has 0 aliphatic rings. The van der Waals surface area contributed by atoms with Crippen molar-refractivity contribution in [3.05, 3.63) is 12.2 Å². The molecule has 0 heterocycles. The fourth-order valence-corrected chi connectivity index (χ4v) is 0.187. The Morgan fingerprint density at radius 3 is 1.33 bits per heavy atom. The van der Waals surface area contributed by atoms with Crippen LogP contribution in [0.3, 0.4) is 0 Å². The maximum Gasteiger partial charge on any atom is 0.347 e. The van der Waals surface area contributed by atoms with Gasteiger partial charge in [0.25, 0.3) is 0 Å². The molecular weight excluding hydrogens is 280 g/mol. The summed E-state index contributed by atoms with van der Waals surface area (Å²) in [6.07, 6.45) is 0. The molecule has 0 saturated carbocycles. The third kappa shape index (κ3) is 18.6. The van der Waals surface area contributed by atoms with E-state index in [0.717, 1.165) is 0 Å². The van der Waals surface area contributed by atoms with Crippen LogP contribution in [0.2, 0.25) is 0 Å². The maximum atomic E-state index is 10.4. The van der Waals surface area contributed by atoms with E-state index in [9.17, 15) is 9.59 Å². The van der Waals surface area contributed by atoms with Crippen LogP contribution in [0.25, 0.3) is 0 Å². The second-order valence-electron chi connectivity index (χ2n) is 6.19. The molecular formula is C14H28O7. The molecule has 0 amide bonds. The summed E-state index contributed by atoms with van der Waals surface area (Å²) in [5.74, 6) is -1.55. The Morgan fingerprint density at radius 1 is 1.05 bits per heavy atom. The molecule has 0 unspecified atom stereocenters. The number of carboxylic acids is 1. The Hall–Kier alpha value is -1.44. The van der Waals surface area contributed by atoms with Crippen LogP contribution in [0.4, 0.5) is 0 Å². The zero-order chi connectivity index (χ0) is 17.9. The number of hydrogen-bond donors (Lipinski definition) is 4. The molecule has 0 aromatic rings. The van der Waals surface area contributed by atoms with Gasteiger partial charge < -0.3 is 20.2 Å². The van der Waals surface area contributed by atoms with E-state index in [2.05, 4.69) is 11.5 Å². The maximum absolute atomic E-state index is 10.4. The molecule has 21 heavy (non-hydrogen) atoms. The van der Waals surface area contributed by atoms with Crippen molar-refractivity contribution >= 4 is 11.9 Å². The molecule has 0 saturated heterocycles. The first-order valence-electron chi connectivity index (χ1n) is 6.21. The van der Waals surface area contributed by atoms with Gasteiger partial charge in [-0.2, -0.15) is 5.26 Å². The zero-order valence-electron chi connectivity index (χ0n) is 13.6. The summed E-state index contributed by atoms with van der Waals surface area (Å²) in [6, 6.07) is 0. The molecule has 7 heteroatoms. The first-order valence-corrected chi connectivity index (χ1v) is 6.21. The number of carboxylic acid groups (broad SMARTS) is 1. The average molecular weight is 308 g/mol. The van der Waals surface area contributed by atoms with Crippen molar-refractivity contribution in [2.45, 2.75) is 41.5 Å². The highest BCUT2D eigenvalue weighted by Gasteiger charge is 2.22. The standard InChI is InChI=1S/C5H10O3.C5H12O2.C4H6O2/c1-5(2,3)4(6)8-7;1-5(2,3-6)4-7;1-3(2)4(5)6/h7H,1-3H3;6-7H,3-4H2,1-2H3;1H2,2H3,(H,5,6). The summed E-state index contributed by atoms with van der Waals surface area (Å²) in [4.78, 5) is 23.4. The smallest absolute Gasteiger partial charge is 0.347 e. The van der Waals surface area contributed by atoms with Crippen LogP contribution in [-0.4, -0.2) is 45.7 Å². The van der Waals surface area contributed by atoms with Crippen LogP contribution in [0.15, 0.2) is 12.2 Å². The summed E-state index contributed by atoms with van der Waals surface area (Å²) in [5, 5.41) is 32.6. The lowest BCUT2D eigenvalue weighted by molar-refractivity contribution is -0.243. The quantitative estimate of drug-likeness (QED) is 0.355. The van der Waals surface area contributed by atoms with E-state index in [1.165, 1.54) is 6.92 Å². The van der Waals surface area contributed by atoms with Crippen LogP contribution in [-0.2, 0) is 14.5 Å². The molecule has 0 rings (SSSR count). The van der Waals surface area contributed by atoms with Gasteiger partial charge in [-0.3, -0.25) is 0 Å². The number of hydrogen-bond acceptors (Lipinski definition) is 6. The number of carbonyl (C=O) groups excluding carboxylic acids is 1. The number of aliphatic carboxylic acids is 1. The molecule has 126 valence electrons. The molecule has 0 aliphatic heterocycles. The third-order valence-electron chi connectivity index (χ3n) is 1.92. The van der Waals surface area contributed by atoms with Gasteiger partial charge in [0, 0.05) is 11.0 Å². The topological polar surface area (TPSA) is 124 Å². The predicted octanol–water partition coefficient (Wildman–Crippen LogP) is 1.69. The summed E-state index contributed by atoms with van der Waals surface area (Å²) < 4.78 is 0. The lowest BCUT2D eigenvalue weighted by Crippen LogP contribution is -2.21. The van der Waals surface area contributed by atoms with Crippen molar-refractivity contribution in [3.8, 4) is 0 Å². The zero-order valence-corrected chi connectivity index (χ0v) is 13.6. The van der Waals surface area contributed by atoms with Gasteiger partial charge in [0.15, 0.2) is 0 Å². The lowest BCUT2D eigenvalue weighted by Gasteiger charge is -2.16. The molecule has 0 aromatic carbocycles. The second-order valence-corrected chi connectivity index (χ2v) is 6.19. The molecule has 0 bridgehead atoms. The largest absolute Gasteiger partial charge is 0.478 e. The van der Waals surface area contributed by atoms with Gasteiger partial charge >= 0.3 is 11.9 Å². The van der Waals surface area contributed by atoms with E-state index in [1.54, 1.807) is 34.6 Å². The highest BCUT2D eigenvalue weighted by atomic mass is 17.1. The normalized spacial score (nSPS) is 10.3. The van der Waals surface area contributed by atoms with Crippen molar-refractivity contribution < 1.29 is 35.1 Å². The van der Waals surface area contributed by atoms with Crippen LogP contribution in [0, 0.1) is 10.8 Å². The van der Waals surface area contributed by atoms with Crippen LogP contribution < -0.4 is 0 Å². The van der Waals surface area contributed by atoms with Crippen LogP contribution in [0.5, 0.6) is 0 Å². The first kappa shape index (κ1) is 24.6. The SMILES string of the molecule is C=C(C)C(=O)O.CC(C)(C)C(=O)OO.CC(C)(CO)CO. The Kier molecular flexibility index (Phi) is 13.2. The summed E-state index contributed by atoms with van der Waals surface area (Å²) in [5.41, 5.74) is -0.732. The van der Waals surface area contributed by atoms with Crippen LogP contribution >= 0.6 is 0 Å². The number of carbonyl (C=O) groups is 2. The molecule has 0 aliphatic carbocycles. The lowest BCUT2D eigenvalue weighted by atomic mass is 9.97. The first-order chi connectivity index (χ1) is 9.25. The third-order valence-corrected chi connectivity index (χ3v) is 1.92. The summed E-state index contributed by atoms with van der Waals surface area (Å²) in [7, 11) is 0. The second kappa shape index (κ2) is 11.2. The van der Waals surface area contributed by atoms with E-state index in [0.29, 0.717) is 0 Å². The Labute approximate surface area is 125 Å². The van der Waals surface area contributed by atoms with Crippen molar-refractivity contribution in [1.82, 2.24) is 0 Å². The Morgan fingerprint density at radius 2 is 1.33 bits per heavy atom. The fourth-order valence-electron chi connectivity index (χ4n) is 0.187. The molecule has 0 radical (unpaired) electrons. The van der Waals surface area contributed by atoms with Gasteiger partial charge in [0.2, 0.25) is 0 Å². The summed E-state index contributed by atoms with van der Waals surface area (Å²) in [6.45, 7) is 13.3. The monoisotopic (exact) mass is 308 g/mol. The fraction of sp³-hybridized carbons (Fsp3) is 0.714.